The van der Waals surface area contributed by atoms with Crippen LogP contribution in [0.4, 0.5) is 5.13 Å². The van der Waals surface area contributed by atoms with Crippen molar-refractivity contribution in [2.75, 3.05) is 18.0 Å². The van der Waals surface area contributed by atoms with Crippen LogP contribution in [0.5, 0.6) is 0 Å². The summed E-state index contributed by atoms with van der Waals surface area (Å²) in [6.45, 7) is 1.70. The highest BCUT2D eigenvalue weighted by atomic mass is 35.5. The average molecular weight is 374 g/mol. The van der Waals surface area contributed by atoms with E-state index in [1.165, 1.54) is 12.4 Å². The number of halogens is 1. The summed E-state index contributed by atoms with van der Waals surface area (Å²) in [4.78, 5) is 27.1. The average Bonchev–Trinajstić information content (AvgIpc) is 3.09. The predicted molar refractivity (Wildman–Crippen MR) is 99.4 cm³/mol. The van der Waals surface area contributed by atoms with Gasteiger partial charge < -0.3 is 10.2 Å². The van der Waals surface area contributed by atoms with E-state index >= 15 is 0 Å². The molecule has 1 aliphatic rings. The maximum Gasteiger partial charge on any atom is 0.271 e. The molecule has 1 aliphatic heterocycles. The molecule has 1 aromatic carbocycles. The maximum absolute atomic E-state index is 12.2. The molecule has 0 aliphatic carbocycles. The largest absolute Gasteiger partial charge is 0.348 e. The molecule has 0 unspecified atom stereocenters. The fourth-order valence-corrected chi connectivity index (χ4v) is 4.25. The Labute approximate surface area is 153 Å². The lowest BCUT2D eigenvalue weighted by Crippen LogP contribution is -2.44. The van der Waals surface area contributed by atoms with Gasteiger partial charge in [-0.2, -0.15) is 0 Å². The van der Waals surface area contributed by atoms with E-state index in [2.05, 4.69) is 25.2 Å². The number of piperidine rings is 1. The first-order valence-electron chi connectivity index (χ1n) is 8.07. The number of anilines is 1. The van der Waals surface area contributed by atoms with Crippen LogP contribution in [0.3, 0.4) is 0 Å². The Bertz CT molecular complexity index is 892. The molecule has 1 N–H and O–H groups in total. The molecule has 0 radical (unpaired) electrons. The normalized spacial score (nSPS) is 15.5. The van der Waals surface area contributed by atoms with E-state index in [-0.39, 0.29) is 11.9 Å². The van der Waals surface area contributed by atoms with Crippen LogP contribution in [0.25, 0.3) is 10.2 Å². The minimum Gasteiger partial charge on any atom is -0.348 e. The number of amides is 1. The molecule has 3 heterocycles. The summed E-state index contributed by atoms with van der Waals surface area (Å²) >= 11 is 7.87. The fourth-order valence-electron chi connectivity index (χ4n) is 2.93. The van der Waals surface area contributed by atoms with Crippen LogP contribution in [0.2, 0.25) is 5.02 Å². The summed E-state index contributed by atoms with van der Waals surface area (Å²) in [7, 11) is 0. The van der Waals surface area contributed by atoms with E-state index in [0.29, 0.717) is 10.7 Å². The lowest BCUT2D eigenvalue weighted by atomic mass is 10.1. The number of aromatic nitrogens is 3. The second kappa shape index (κ2) is 6.93. The van der Waals surface area contributed by atoms with E-state index in [9.17, 15) is 4.79 Å². The first kappa shape index (κ1) is 16.2. The zero-order valence-electron chi connectivity index (χ0n) is 13.4. The number of thiazole rings is 1. The standard InChI is InChI=1S/C17H16ClN5OS/c18-12-2-1-3-14-15(12)22-17(25-14)23-8-4-11(5-9-23)21-16(24)13-10-19-6-7-20-13/h1-3,6-7,10-11H,4-5,8-9H2,(H,21,24). The van der Waals surface area contributed by atoms with Crippen LogP contribution < -0.4 is 10.2 Å². The third kappa shape index (κ3) is 3.43. The molecular weight excluding hydrogens is 358 g/mol. The molecular formula is C17H16ClN5OS. The smallest absolute Gasteiger partial charge is 0.271 e. The number of hydrogen-bond donors (Lipinski definition) is 1. The number of rotatable bonds is 3. The second-order valence-corrected chi connectivity index (χ2v) is 7.32. The molecule has 1 fully saturated rings. The molecule has 4 rings (SSSR count). The van der Waals surface area contributed by atoms with Crippen molar-refractivity contribution in [2.45, 2.75) is 18.9 Å². The van der Waals surface area contributed by atoms with Crippen molar-refractivity contribution in [1.82, 2.24) is 20.3 Å². The number of fused-ring (bicyclic) bond motifs is 1. The van der Waals surface area contributed by atoms with E-state index in [1.54, 1.807) is 17.5 Å². The number of para-hydroxylation sites is 1. The van der Waals surface area contributed by atoms with E-state index < -0.39 is 0 Å². The molecule has 3 aromatic rings. The highest BCUT2D eigenvalue weighted by Crippen LogP contribution is 2.33. The summed E-state index contributed by atoms with van der Waals surface area (Å²) in [6, 6.07) is 5.99. The minimum absolute atomic E-state index is 0.142. The van der Waals surface area contributed by atoms with E-state index in [1.807, 2.05) is 18.2 Å². The second-order valence-electron chi connectivity index (χ2n) is 5.91. The lowest BCUT2D eigenvalue weighted by Gasteiger charge is -2.32. The molecule has 8 heteroatoms. The van der Waals surface area contributed by atoms with Crippen molar-refractivity contribution >= 4 is 44.2 Å². The van der Waals surface area contributed by atoms with Crippen LogP contribution in [0.1, 0.15) is 23.3 Å². The number of carbonyl (C=O) groups is 1. The molecule has 2 aromatic heterocycles. The van der Waals surface area contributed by atoms with Gasteiger partial charge in [0.2, 0.25) is 0 Å². The van der Waals surface area contributed by atoms with Crippen molar-refractivity contribution in [2.24, 2.45) is 0 Å². The Morgan fingerprint density at radius 1 is 1.28 bits per heavy atom. The zero-order valence-corrected chi connectivity index (χ0v) is 14.9. The quantitative estimate of drug-likeness (QED) is 0.763. The molecule has 1 saturated heterocycles. The van der Waals surface area contributed by atoms with Crippen LogP contribution >= 0.6 is 22.9 Å². The Morgan fingerprint density at radius 3 is 2.84 bits per heavy atom. The topological polar surface area (TPSA) is 71.0 Å². The molecule has 0 atom stereocenters. The zero-order chi connectivity index (χ0) is 17.2. The van der Waals surface area contributed by atoms with Crippen LogP contribution in [0, 0.1) is 0 Å². The van der Waals surface area contributed by atoms with Crippen molar-refractivity contribution in [1.29, 1.82) is 0 Å². The molecule has 6 nitrogen and oxygen atoms in total. The Hall–Kier alpha value is -2.25. The Morgan fingerprint density at radius 2 is 2.12 bits per heavy atom. The molecule has 1 amide bonds. The maximum atomic E-state index is 12.2. The SMILES string of the molecule is O=C(NC1CCN(c2nc3c(Cl)cccc3s2)CC1)c1cnccn1. The molecule has 25 heavy (non-hydrogen) atoms. The highest BCUT2D eigenvalue weighted by Gasteiger charge is 2.23. The van der Waals surface area contributed by atoms with Gasteiger partial charge in [-0.15, -0.1) is 0 Å². The van der Waals surface area contributed by atoms with Gasteiger partial charge in [-0.25, -0.2) is 9.97 Å². The number of hydrogen-bond acceptors (Lipinski definition) is 6. The van der Waals surface area contributed by atoms with Gasteiger partial charge in [0.05, 0.1) is 15.9 Å². The van der Waals surface area contributed by atoms with E-state index in [0.717, 1.165) is 41.3 Å². The van der Waals surface area contributed by atoms with Crippen LogP contribution in [-0.4, -0.2) is 40.0 Å². The van der Waals surface area contributed by atoms with Gasteiger partial charge in [0, 0.05) is 31.5 Å². The lowest BCUT2D eigenvalue weighted by molar-refractivity contribution is 0.0925. The van der Waals surface area contributed by atoms with Gasteiger partial charge >= 0.3 is 0 Å². The summed E-state index contributed by atoms with van der Waals surface area (Å²) in [5.41, 5.74) is 1.22. The Kier molecular flexibility index (Phi) is 4.50. The molecule has 0 spiro atoms. The van der Waals surface area contributed by atoms with Gasteiger partial charge in [0.25, 0.3) is 5.91 Å². The van der Waals surface area contributed by atoms with Crippen LogP contribution in [-0.2, 0) is 0 Å². The molecule has 128 valence electrons. The first-order chi connectivity index (χ1) is 12.2. The van der Waals surface area contributed by atoms with Gasteiger partial charge in [-0.3, -0.25) is 9.78 Å². The summed E-state index contributed by atoms with van der Waals surface area (Å²) in [5, 5.41) is 4.71. The van der Waals surface area contributed by atoms with Gasteiger partial charge in [-0.1, -0.05) is 29.0 Å². The summed E-state index contributed by atoms with van der Waals surface area (Å²) in [5.74, 6) is -0.168. The summed E-state index contributed by atoms with van der Waals surface area (Å²) < 4.78 is 1.10. The monoisotopic (exact) mass is 373 g/mol. The first-order valence-corrected chi connectivity index (χ1v) is 9.27. The molecule has 0 bridgehead atoms. The number of nitrogens with zero attached hydrogens (tertiary/aromatic N) is 4. The predicted octanol–water partition coefficient (Wildman–Crippen LogP) is 3.14. The van der Waals surface area contributed by atoms with Crippen molar-refractivity contribution in [3.63, 3.8) is 0 Å². The third-order valence-electron chi connectivity index (χ3n) is 4.25. The highest BCUT2D eigenvalue weighted by molar-refractivity contribution is 7.22. The third-order valence-corrected chi connectivity index (χ3v) is 5.64. The van der Waals surface area contributed by atoms with Crippen LogP contribution in [0.15, 0.2) is 36.8 Å². The number of benzene rings is 1. The molecule has 0 saturated carbocycles. The minimum atomic E-state index is -0.168. The fraction of sp³-hybridized carbons (Fsp3) is 0.294. The number of nitrogens with one attached hydrogen (secondary N) is 1. The number of carbonyl (C=O) groups excluding carboxylic acids is 1. The van der Waals surface area contributed by atoms with E-state index in [4.69, 9.17) is 11.6 Å². The summed E-state index contributed by atoms with van der Waals surface area (Å²) in [6.07, 6.45) is 6.30. The van der Waals surface area contributed by atoms with Crippen molar-refractivity contribution < 1.29 is 4.79 Å². The Balaban J connectivity index is 1.39. The van der Waals surface area contributed by atoms with Crippen molar-refractivity contribution in [3.8, 4) is 0 Å². The van der Waals surface area contributed by atoms with Crippen molar-refractivity contribution in [3.05, 3.63) is 47.5 Å². The van der Waals surface area contributed by atoms with Gasteiger partial charge in [-0.05, 0) is 25.0 Å². The van der Waals surface area contributed by atoms with Gasteiger partial charge in [0.1, 0.15) is 11.2 Å². The van der Waals surface area contributed by atoms with Gasteiger partial charge in [0.15, 0.2) is 5.13 Å².